The van der Waals surface area contributed by atoms with Crippen molar-refractivity contribution >= 4 is 11.3 Å². The van der Waals surface area contributed by atoms with Gasteiger partial charge < -0.3 is 4.57 Å². The quantitative estimate of drug-likeness (QED) is 0.570. The van der Waals surface area contributed by atoms with E-state index in [1.165, 1.54) is 5.56 Å². The molecule has 0 saturated heterocycles. The van der Waals surface area contributed by atoms with Gasteiger partial charge in [-0.3, -0.25) is 9.36 Å². The van der Waals surface area contributed by atoms with Gasteiger partial charge in [0.15, 0.2) is 11.3 Å². The molecule has 0 aromatic carbocycles. The summed E-state index contributed by atoms with van der Waals surface area (Å²) in [4.78, 5) is 13.3. The summed E-state index contributed by atoms with van der Waals surface area (Å²) < 4.78 is 5.62. The fourth-order valence-electron chi connectivity index (χ4n) is 3.45. The van der Waals surface area contributed by atoms with Crippen molar-refractivity contribution in [2.24, 2.45) is 21.1 Å². The Hall–Kier alpha value is -3.03. The van der Waals surface area contributed by atoms with Crippen molar-refractivity contribution in [2.75, 3.05) is 0 Å². The number of imidazole rings is 1. The molecule has 0 spiro atoms. The molecule has 126 valence electrons. The molecule has 25 heavy (non-hydrogen) atoms. The first-order valence-electron chi connectivity index (χ1n) is 8.27. The van der Waals surface area contributed by atoms with E-state index in [2.05, 4.69) is 27.3 Å². The van der Waals surface area contributed by atoms with Crippen molar-refractivity contribution in [2.45, 2.75) is 18.3 Å². The monoisotopic (exact) mass is 334 g/mol. The maximum Gasteiger partial charge on any atom is 0.197 e. The van der Waals surface area contributed by atoms with Gasteiger partial charge in [0.2, 0.25) is 0 Å². The molecule has 0 bridgehead atoms. The minimum absolute atomic E-state index is 0.456. The van der Waals surface area contributed by atoms with Crippen LogP contribution in [0.2, 0.25) is 0 Å². The molecule has 2 atom stereocenters. The molecule has 8 nitrogen and oxygen atoms in total. The van der Waals surface area contributed by atoms with Gasteiger partial charge in [-0.15, -0.1) is 0 Å². The summed E-state index contributed by atoms with van der Waals surface area (Å²) in [6.45, 7) is 0. The van der Waals surface area contributed by atoms with E-state index in [0.717, 1.165) is 29.1 Å². The van der Waals surface area contributed by atoms with Crippen LogP contribution in [-0.4, -0.2) is 39.1 Å². The normalized spacial score (nSPS) is 19.6. The Morgan fingerprint density at radius 2 is 1.96 bits per heavy atom. The lowest BCUT2D eigenvalue weighted by molar-refractivity contribution is 0.744. The van der Waals surface area contributed by atoms with Gasteiger partial charge in [0.05, 0.1) is 30.1 Å². The number of rotatable bonds is 3. The molecular formula is C17H18N8. The molecule has 0 aliphatic heterocycles. The van der Waals surface area contributed by atoms with E-state index >= 15 is 0 Å². The molecule has 8 heteroatoms. The molecular weight excluding hydrogens is 316 g/mol. The molecule has 0 N–H and O–H groups in total. The number of fused-ring (bicyclic) bond motifs is 1. The van der Waals surface area contributed by atoms with Crippen LogP contribution in [0, 0.1) is 0 Å². The highest BCUT2D eigenvalue weighted by molar-refractivity contribution is 5.69. The second-order valence-corrected chi connectivity index (χ2v) is 6.73. The van der Waals surface area contributed by atoms with Crippen molar-refractivity contribution < 1.29 is 0 Å². The Kier molecular flexibility index (Phi) is 2.85. The van der Waals surface area contributed by atoms with Crippen molar-refractivity contribution in [3.63, 3.8) is 0 Å². The highest BCUT2D eigenvalue weighted by Gasteiger charge is 2.42. The first-order chi connectivity index (χ1) is 12.1. The van der Waals surface area contributed by atoms with E-state index in [-0.39, 0.29) is 0 Å². The molecule has 4 aromatic rings. The Morgan fingerprint density at radius 1 is 1.08 bits per heavy atom. The summed E-state index contributed by atoms with van der Waals surface area (Å²) in [6, 6.07) is 2.13. The molecule has 1 aliphatic rings. The molecule has 1 fully saturated rings. The molecule has 4 aromatic heterocycles. The van der Waals surface area contributed by atoms with Gasteiger partial charge in [-0.2, -0.15) is 10.2 Å². The van der Waals surface area contributed by atoms with Gasteiger partial charge >= 0.3 is 0 Å². The van der Waals surface area contributed by atoms with Gasteiger partial charge in [-0.1, -0.05) is 0 Å². The average Bonchev–Trinajstić information content (AvgIpc) is 2.91. The van der Waals surface area contributed by atoms with E-state index in [4.69, 9.17) is 10.1 Å². The standard InChI is InChI=1S/C17H18N8/c1-23-9-19-16-17(23)21-14(7-18-16)15-5-13(22-25(15)3)12-4-11(12)10-6-20-24(2)8-10/h5-9,11-12H,4H2,1-3H3/t11-,12+/m0/s1. The second-order valence-electron chi connectivity index (χ2n) is 6.73. The maximum atomic E-state index is 4.72. The molecule has 0 amide bonds. The van der Waals surface area contributed by atoms with Crippen LogP contribution < -0.4 is 0 Å². The molecule has 5 rings (SSSR count). The topological polar surface area (TPSA) is 79.2 Å². The molecule has 1 aliphatic carbocycles. The predicted molar refractivity (Wildman–Crippen MR) is 91.8 cm³/mol. The fraction of sp³-hybridized carbons (Fsp3) is 0.353. The third kappa shape index (κ3) is 2.25. The lowest BCUT2D eigenvalue weighted by atomic mass is 10.1. The number of hydrogen-bond acceptors (Lipinski definition) is 5. The average molecular weight is 334 g/mol. The fourth-order valence-corrected chi connectivity index (χ4v) is 3.45. The summed E-state index contributed by atoms with van der Waals surface area (Å²) in [5.41, 5.74) is 5.62. The minimum atomic E-state index is 0.456. The first kappa shape index (κ1) is 14.3. The second kappa shape index (κ2) is 4.98. The Labute approximate surface area is 144 Å². The van der Waals surface area contributed by atoms with Gasteiger partial charge in [0.1, 0.15) is 5.69 Å². The zero-order chi connectivity index (χ0) is 17.1. The van der Waals surface area contributed by atoms with E-state index in [9.17, 15) is 0 Å². The molecule has 1 saturated carbocycles. The van der Waals surface area contributed by atoms with Crippen LogP contribution in [0.15, 0.2) is 31.0 Å². The number of aromatic nitrogens is 8. The SMILES string of the molecule is Cn1cc([C@@H]2C[C@H]2c2cc(-c3cnc4ncn(C)c4n3)n(C)n2)cn1. The Bertz CT molecular complexity index is 1090. The van der Waals surface area contributed by atoms with Crippen LogP contribution in [0.25, 0.3) is 22.7 Å². The van der Waals surface area contributed by atoms with Crippen LogP contribution in [-0.2, 0) is 21.1 Å². The lowest BCUT2D eigenvalue weighted by Crippen LogP contribution is -1.98. The third-order valence-electron chi connectivity index (χ3n) is 4.91. The van der Waals surface area contributed by atoms with Crippen molar-refractivity contribution in [3.8, 4) is 11.4 Å². The zero-order valence-electron chi connectivity index (χ0n) is 14.3. The van der Waals surface area contributed by atoms with Gasteiger partial charge in [0, 0.05) is 33.3 Å². The van der Waals surface area contributed by atoms with Crippen LogP contribution in [0.3, 0.4) is 0 Å². The summed E-state index contributed by atoms with van der Waals surface area (Å²) in [5.74, 6) is 0.972. The van der Waals surface area contributed by atoms with E-state index in [1.807, 2.05) is 41.3 Å². The number of hydrogen-bond donors (Lipinski definition) is 0. The highest BCUT2D eigenvalue weighted by Crippen LogP contribution is 2.54. The highest BCUT2D eigenvalue weighted by atomic mass is 15.3. The summed E-state index contributed by atoms with van der Waals surface area (Å²) in [7, 11) is 5.83. The van der Waals surface area contributed by atoms with Crippen molar-refractivity contribution in [3.05, 3.63) is 42.2 Å². The van der Waals surface area contributed by atoms with Gasteiger partial charge in [-0.05, 0) is 24.0 Å². The number of aryl methyl sites for hydroxylation is 3. The minimum Gasteiger partial charge on any atom is -0.317 e. The van der Waals surface area contributed by atoms with Crippen LogP contribution in [0.1, 0.15) is 29.5 Å². The summed E-state index contributed by atoms with van der Waals surface area (Å²) >= 11 is 0. The molecule has 0 radical (unpaired) electrons. The maximum absolute atomic E-state index is 4.72. The summed E-state index contributed by atoms with van der Waals surface area (Å²) in [5, 5.41) is 8.99. The third-order valence-corrected chi connectivity index (χ3v) is 4.91. The van der Waals surface area contributed by atoms with Gasteiger partial charge in [0.25, 0.3) is 0 Å². The van der Waals surface area contributed by atoms with Crippen LogP contribution in [0.5, 0.6) is 0 Å². The Balaban J connectivity index is 1.48. The Morgan fingerprint density at radius 3 is 2.76 bits per heavy atom. The number of nitrogens with zero attached hydrogens (tertiary/aromatic N) is 8. The zero-order valence-corrected chi connectivity index (χ0v) is 14.3. The smallest absolute Gasteiger partial charge is 0.197 e. The van der Waals surface area contributed by atoms with E-state index in [0.29, 0.717) is 17.5 Å². The van der Waals surface area contributed by atoms with Crippen molar-refractivity contribution in [1.82, 2.24) is 39.1 Å². The van der Waals surface area contributed by atoms with Crippen LogP contribution >= 0.6 is 0 Å². The lowest BCUT2D eigenvalue weighted by Gasteiger charge is -2.01. The van der Waals surface area contributed by atoms with Crippen LogP contribution in [0.4, 0.5) is 0 Å². The summed E-state index contributed by atoms with van der Waals surface area (Å²) in [6.07, 6.45) is 8.66. The molecule has 0 unspecified atom stereocenters. The van der Waals surface area contributed by atoms with Gasteiger partial charge in [-0.25, -0.2) is 15.0 Å². The largest absolute Gasteiger partial charge is 0.317 e. The van der Waals surface area contributed by atoms with Crippen molar-refractivity contribution in [1.29, 1.82) is 0 Å². The van der Waals surface area contributed by atoms with E-state index < -0.39 is 0 Å². The molecule has 4 heterocycles. The first-order valence-corrected chi connectivity index (χ1v) is 8.27. The van der Waals surface area contributed by atoms with E-state index in [1.54, 1.807) is 12.5 Å². The predicted octanol–water partition coefficient (Wildman–Crippen LogP) is 1.77.